The Hall–Kier alpha value is -2.93. The molecular weight excluding hydrogens is 385 g/mol. The number of aliphatic hydroxyl groups excluding tert-OH is 1. The standard InChI is InChI=1S/C23H26FN3O3/c1-14(2)22-19(10-9-18-12-17(28)13-21(29)30-18)23(15-5-7-16(24)8-6-15)27(26-22)20-4-3-11-25-20/h3-8,11,14,17-18,25,28H,9-10,12-13H2,1-2H3/t17-,18+/m1/s1. The van der Waals surface area contributed by atoms with Crippen LogP contribution in [0.25, 0.3) is 17.1 Å². The molecule has 158 valence electrons. The van der Waals surface area contributed by atoms with Gasteiger partial charge in [0.1, 0.15) is 17.7 Å². The topological polar surface area (TPSA) is 80.1 Å². The van der Waals surface area contributed by atoms with Crippen molar-refractivity contribution in [2.45, 2.75) is 57.7 Å². The van der Waals surface area contributed by atoms with Gasteiger partial charge in [0.05, 0.1) is 23.9 Å². The SMILES string of the molecule is CC(C)c1nn(-c2ccc[nH]2)c(-c2ccc(F)cc2)c1CC[C@H]1C[C@@H](O)CC(=O)O1. The number of nitrogens with one attached hydrogen (secondary N) is 1. The number of esters is 1. The number of H-pyrrole nitrogens is 1. The van der Waals surface area contributed by atoms with E-state index in [-0.39, 0.29) is 30.2 Å². The van der Waals surface area contributed by atoms with E-state index in [9.17, 15) is 14.3 Å². The summed E-state index contributed by atoms with van der Waals surface area (Å²) in [6.45, 7) is 4.17. The number of halogens is 1. The largest absolute Gasteiger partial charge is 0.462 e. The maximum atomic E-state index is 13.6. The maximum Gasteiger partial charge on any atom is 0.308 e. The summed E-state index contributed by atoms with van der Waals surface area (Å²) in [7, 11) is 0. The Bertz CT molecular complexity index is 1010. The van der Waals surface area contributed by atoms with Crippen LogP contribution in [0.5, 0.6) is 0 Å². The molecule has 3 aromatic rings. The minimum absolute atomic E-state index is 0.0549. The highest BCUT2D eigenvalue weighted by atomic mass is 19.1. The zero-order valence-corrected chi connectivity index (χ0v) is 17.1. The van der Waals surface area contributed by atoms with Gasteiger partial charge in [-0.25, -0.2) is 9.07 Å². The fourth-order valence-corrected chi connectivity index (χ4v) is 4.05. The number of hydrogen-bond acceptors (Lipinski definition) is 4. The molecule has 1 fully saturated rings. The molecule has 0 spiro atoms. The zero-order chi connectivity index (χ0) is 21.3. The number of rotatable bonds is 6. The Labute approximate surface area is 174 Å². The molecule has 0 amide bonds. The lowest BCUT2D eigenvalue weighted by atomic mass is 9.93. The molecule has 6 nitrogen and oxygen atoms in total. The number of hydrogen-bond donors (Lipinski definition) is 2. The number of aromatic nitrogens is 3. The lowest BCUT2D eigenvalue weighted by Crippen LogP contribution is -2.32. The van der Waals surface area contributed by atoms with Crippen LogP contribution in [0.2, 0.25) is 0 Å². The summed E-state index contributed by atoms with van der Waals surface area (Å²) in [6.07, 6.45) is 2.58. The second-order valence-electron chi connectivity index (χ2n) is 8.09. The molecule has 2 N–H and O–H groups in total. The summed E-state index contributed by atoms with van der Waals surface area (Å²) >= 11 is 0. The van der Waals surface area contributed by atoms with E-state index >= 15 is 0 Å². The normalized spacial score (nSPS) is 19.3. The van der Waals surface area contributed by atoms with Gasteiger partial charge >= 0.3 is 5.97 Å². The number of carbonyl (C=O) groups is 1. The van der Waals surface area contributed by atoms with Crippen molar-refractivity contribution in [3.05, 3.63) is 59.7 Å². The highest BCUT2D eigenvalue weighted by molar-refractivity contribution is 5.71. The number of ether oxygens (including phenoxy) is 1. The van der Waals surface area contributed by atoms with E-state index in [0.717, 1.165) is 28.3 Å². The molecule has 0 radical (unpaired) electrons. The van der Waals surface area contributed by atoms with E-state index in [1.165, 1.54) is 12.1 Å². The van der Waals surface area contributed by atoms with Crippen molar-refractivity contribution in [2.75, 3.05) is 0 Å². The van der Waals surface area contributed by atoms with Gasteiger partial charge in [-0.1, -0.05) is 13.8 Å². The quantitative estimate of drug-likeness (QED) is 0.598. The van der Waals surface area contributed by atoms with Crippen molar-refractivity contribution >= 4 is 5.97 Å². The van der Waals surface area contributed by atoms with E-state index in [1.807, 2.05) is 23.0 Å². The van der Waals surface area contributed by atoms with Crippen LogP contribution in [0.1, 0.15) is 50.3 Å². The van der Waals surface area contributed by atoms with E-state index in [2.05, 4.69) is 18.8 Å². The van der Waals surface area contributed by atoms with Crippen molar-refractivity contribution < 1.29 is 19.0 Å². The summed E-state index contributed by atoms with van der Waals surface area (Å²) in [6, 6.07) is 10.2. The lowest BCUT2D eigenvalue weighted by molar-refractivity contribution is -0.160. The molecular formula is C23H26FN3O3. The molecule has 2 atom stereocenters. The van der Waals surface area contributed by atoms with Crippen molar-refractivity contribution in [1.29, 1.82) is 0 Å². The Morgan fingerprint density at radius 3 is 2.70 bits per heavy atom. The Morgan fingerprint density at radius 1 is 1.30 bits per heavy atom. The molecule has 2 aromatic heterocycles. The summed E-state index contributed by atoms with van der Waals surface area (Å²) < 4.78 is 20.9. The van der Waals surface area contributed by atoms with Crippen LogP contribution in [-0.2, 0) is 16.0 Å². The molecule has 7 heteroatoms. The maximum absolute atomic E-state index is 13.6. The molecule has 1 saturated heterocycles. The molecule has 1 aliphatic heterocycles. The summed E-state index contributed by atoms with van der Waals surface area (Å²) in [5.41, 5.74) is 3.75. The van der Waals surface area contributed by atoms with E-state index in [1.54, 1.807) is 12.1 Å². The van der Waals surface area contributed by atoms with Crippen molar-refractivity contribution in [1.82, 2.24) is 14.8 Å². The highest BCUT2D eigenvalue weighted by Gasteiger charge is 2.29. The van der Waals surface area contributed by atoms with Crippen LogP contribution in [0.15, 0.2) is 42.6 Å². The van der Waals surface area contributed by atoms with Gasteiger partial charge in [-0.15, -0.1) is 0 Å². The van der Waals surface area contributed by atoms with E-state index in [0.29, 0.717) is 19.3 Å². The monoisotopic (exact) mass is 411 g/mol. The molecule has 30 heavy (non-hydrogen) atoms. The third-order valence-electron chi connectivity index (χ3n) is 5.44. The van der Waals surface area contributed by atoms with Crippen LogP contribution >= 0.6 is 0 Å². The van der Waals surface area contributed by atoms with Crippen LogP contribution in [0, 0.1) is 5.82 Å². The third kappa shape index (κ3) is 4.16. The van der Waals surface area contributed by atoms with E-state index in [4.69, 9.17) is 9.84 Å². The Balaban J connectivity index is 1.75. The zero-order valence-electron chi connectivity index (χ0n) is 17.1. The van der Waals surface area contributed by atoms with E-state index < -0.39 is 6.10 Å². The van der Waals surface area contributed by atoms with Gasteiger partial charge in [-0.2, -0.15) is 5.10 Å². The molecule has 3 heterocycles. The van der Waals surface area contributed by atoms with Gasteiger partial charge in [-0.05, 0) is 55.2 Å². The number of aliphatic hydroxyl groups is 1. The predicted octanol–water partition coefficient (Wildman–Crippen LogP) is 4.13. The number of benzene rings is 1. The molecule has 1 aromatic carbocycles. The summed E-state index contributed by atoms with van der Waals surface area (Å²) in [4.78, 5) is 14.9. The fraction of sp³-hybridized carbons (Fsp3) is 0.391. The smallest absolute Gasteiger partial charge is 0.308 e. The van der Waals surface area contributed by atoms with Gasteiger partial charge < -0.3 is 14.8 Å². The average Bonchev–Trinajstić information content (AvgIpc) is 3.34. The second kappa shape index (κ2) is 8.44. The second-order valence-corrected chi connectivity index (χ2v) is 8.09. The van der Waals surface area contributed by atoms with Gasteiger partial charge in [0.2, 0.25) is 0 Å². The number of nitrogens with zero attached hydrogens (tertiary/aromatic N) is 2. The van der Waals surface area contributed by atoms with Gasteiger partial charge in [-0.3, -0.25) is 4.79 Å². The first-order valence-electron chi connectivity index (χ1n) is 10.3. The third-order valence-corrected chi connectivity index (χ3v) is 5.44. The first kappa shape index (κ1) is 20.3. The van der Waals surface area contributed by atoms with Crippen molar-refractivity contribution in [3.63, 3.8) is 0 Å². The van der Waals surface area contributed by atoms with Crippen molar-refractivity contribution in [3.8, 4) is 17.1 Å². The number of aromatic amines is 1. The van der Waals surface area contributed by atoms with Gasteiger partial charge in [0, 0.05) is 23.7 Å². The Morgan fingerprint density at radius 2 is 2.07 bits per heavy atom. The predicted molar refractivity (Wildman–Crippen MR) is 111 cm³/mol. The molecule has 0 bridgehead atoms. The first-order valence-corrected chi connectivity index (χ1v) is 10.3. The minimum Gasteiger partial charge on any atom is -0.462 e. The Kier molecular flexibility index (Phi) is 5.72. The van der Waals surface area contributed by atoms with Gasteiger partial charge in [0.15, 0.2) is 0 Å². The number of cyclic esters (lactones) is 1. The molecule has 0 saturated carbocycles. The van der Waals surface area contributed by atoms with Crippen LogP contribution in [-0.4, -0.2) is 38.0 Å². The fourth-order valence-electron chi connectivity index (χ4n) is 4.05. The van der Waals surface area contributed by atoms with Crippen LogP contribution in [0.4, 0.5) is 4.39 Å². The molecule has 4 rings (SSSR count). The van der Waals surface area contributed by atoms with Crippen LogP contribution < -0.4 is 0 Å². The first-order chi connectivity index (χ1) is 14.4. The molecule has 0 unspecified atom stereocenters. The minimum atomic E-state index is -0.654. The summed E-state index contributed by atoms with van der Waals surface area (Å²) in [5.74, 6) is 0.346. The summed E-state index contributed by atoms with van der Waals surface area (Å²) in [5, 5.41) is 14.8. The van der Waals surface area contributed by atoms with Crippen molar-refractivity contribution in [2.24, 2.45) is 0 Å². The van der Waals surface area contributed by atoms with Crippen LogP contribution in [0.3, 0.4) is 0 Å². The van der Waals surface area contributed by atoms with Gasteiger partial charge in [0.25, 0.3) is 0 Å². The highest BCUT2D eigenvalue weighted by Crippen LogP contribution is 2.34. The lowest BCUT2D eigenvalue weighted by Gasteiger charge is -2.26. The molecule has 0 aliphatic carbocycles. The number of carbonyl (C=O) groups excluding carboxylic acids is 1. The molecule has 1 aliphatic rings. The average molecular weight is 411 g/mol.